The van der Waals surface area contributed by atoms with Gasteiger partial charge in [0.2, 0.25) is 0 Å². The van der Waals surface area contributed by atoms with Crippen molar-refractivity contribution in [2.75, 3.05) is 0 Å². The first-order chi connectivity index (χ1) is 8.16. The summed E-state index contributed by atoms with van der Waals surface area (Å²) in [5, 5.41) is 9.18. The molecule has 3 rings (SSSR count). The average molecular weight is 232 g/mol. The Hall–Kier alpha value is -1.42. The van der Waals surface area contributed by atoms with E-state index in [0.29, 0.717) is 11.5 Å². The number of fused-ring (bicyclic) bond motifs is 1. The van der Waals surface area contributed by atoms with E-state index in [1.165, 1.54) is 19.0 Å². The Morgan fingerprint density at radius 3 is 2.76 bits per heavy atom. The Balaban J connectivity index is 2.12. The van der Waals surface area contributed by atoms with Crippen molar-refractivity contribution in [1.82, 2.24) is 4.98 Å². The normalized spacial score (nSPS) is 23.2. The fourth-order valence-electron chi connectivity index (χ4n) is 2.71. The number of pyridine rings is 1. The third kappa shape index (κ3) is 1.82. The third-order valence-electron chi connectivity index (χ3n) is 3.76. The van der Waals surface area contributed by atoms with Crippen LogP contribution in [-0.2, 0) is 12.8 Å². The molecule has 0 aliphatic heterocycles. The van der Waals surface area contributed by atoms with Crippen molar-refractivity contribution in [2.45, 2.75) is 44.1 Å². The highest BCUT2D eigenvalue weighted by Gasteiger charge is 2.32. The van der Waals surface area contributed by atoms with Gasteiger partial charge in [0.05, 0.1) is 5.56 Å². The maximum absolute atomic E-state index is 11.2. The van der Waals surface area contributed by atoms with Crippen LogP contribution < -0.4 is 5.73 Å². The summed E-state index contributed by atoms with van der Waals surface area (Å²) < 4.78 is 0. The van der Waals surface area contributed by atoms with E-state index in [1.54, 1.807) is 0 Å². The van der Waals surface area contributed by atoms with E-state index in [1.807, 2.05) is 0 Å². The SMILES string of the molecule is NC1CCc2c(C(=O)O)cnc(C3CC3)c2C1. The second-order valence-electron chi connectivity index (χ2n) is 5.10. The standard InChI is InChI=1S/C13H16N2O2/c14-8-3-4-9-10(5-8)12(7-1-2-7)15-6-11(9)13(16)17/h6-8H,1-5,14H2,(H,16,17). The van der Waals surface area contributed by atoms with Crippen molar-refractivity contribution in [3.8, 4) is 0 Å². The summed E-state index contributed by atoms with van der Waals surface area (Å²) in [6.45, 7) is 0. The van der Waals surface area contributed by atoms with Crippen LogP contribution in [0.1, 0.15) is 52.4 Å². The van der Waals surface area contributed by atoms with E-state index in [-0.39, 0.29) is 6.04 Å². The van der Waals surface area contributed by atoms with Gasteiger partial charge in [0.25, 0.3) is 0 Å². The molecule has 1 heterocycles. The molecule has 0 amide bonds. The Kier molecular flexibility index (Phi) is 2.40. The first kappa shape index (κ1) is 10.7. The van der Waals surface area contributed by atoms with Crippen LogP contribution in [0.25, 0.3) is 0 Å². The smallest absolute Gasteiger partial charge is 0.337 e. The number of nitrogens with zero attached hydrogens (tertiary/aromatic N) is 1. The minimum Gasteiger partial charge on any atom is -0.478 e. The van der Waals surface area contributed by atoms with Crippen molar-refractivity contribution < 1.29 is 9.90 Å². The van der Waals surface area contributed by atoms with E-state index in [0.717, 1.165) is 36.1 Å². The number of aromatic nitrogens is 1. The zero-order chi connectivity index (χ0) is 12.0. The van der Waals surface area contributed by atoms with E-state index in [9.17, 15) is 9.90 Å². The number of aromatic carboxylic acids is 1. The third-order valence-corrected chi connectivity index (χ3v) is 3.76. The molecular formula is C13H16N2O2. The van der Waals surface area contributed by atoms with Crippen molar-refractivity contribution in [1.29, 1.82) is 0 Å². The van der Waals surface area contributed by atoms with Crippen LogP contribution in [0.3, 0.4) is 0 Å². The first-order valence-corrected chi connectivity index (χ1v) is 6.16. The Morgan fingerprint density at radius 2 is 2.12 bits per heavy atom. The predicted molar refractivity (Wildman–Crippen MR) is 63.2 cm³/mol. The molecule has 0 saturated heterocycles. The van der Waals surface area contributed by atoms with Gasteiger partial charge in [-0.15, -0.1) is 0 Å². The van der Waals surface area contributed by atoms with Crippen LogP contribution in [0.5, 0.6) is 0 Å². The monoisotopic (exact) mass is 232 g/mol. The van der Waals surface area contributed by atoms with Crippen molar-refractivity contribution >= 4 is 5.97 Å². The second kappa shape index (κ2) is 3.81. The second-order valence-corrected chi connectivity index (χ2v) is 5.10. The lowest BCUT2D eigenvalue weighted by Crippen LogP contribution is -2.30. The van der Waals surface area contributed by atoms with Crippen molar-refractivity contribution in [3.05, 3.63) is 28.6 Å². The topological polar surface area (TPSA) is 76.2 Å². The van der Waals surface area contributed by atoms with Gasteiger partial charge in [0, 0.05) is 23.9 Å². The zero-order valence-corrected chi connectivity index (χ0v) is 9.65. The molecule has 0 aromatic carbocycles. The van der Waals surface area contributed by atoms with Crippen molar-refractivity contribution in [2.24, 2.45) is 5.73 Å². The number of rotatable bonds is 2. The van der Waals surface area contributed by atoms with E-state index >= 15 is 0 Å². The minimum absolute atomic E-state index is 0.158. The van der Waals surface area contributed by atoms with Gasteiger partial charge >= 0.3 is 5.97 Å². The molecule has 0 bridgehead atoms. The molecule has 1 atom stereocenters. The minimum atomic E-state index is -0.869. The number of carboxylic acid groups (broad SMARTS) is 1. The Labute approximate surface area is 99.9 Å². The fourth-order valence-corrected chi connectivity index (χ4v) is 2.71. The molecule has 1 saturated carbocycles. The molecule has 1 aromatic heterocycles. The number of hydrogen-bond acceptors (Lipinski definition) is 3. The first-order valence-electron chi connectivity index (χ1n) is 6.16. The number of hydrogen-bond donors (Lipinski definition) is 2. The molecule has 4 nitrogen and oxygen atoms in total. The molecule has 2 aliphatic carbocycles. The molecule has 90 valence electrons. The molecule has 1 aromatic rings. The van der Waals surface area contributed by atoms with Crippen molar-refractivity contribution in [3.63, 3.8) is 0 Å². The summed E-state index contributed by atoms with van der Waals surface area (Å²) in [5.41, 5.74) is 9.59. The maximum Gasteiger partial charge on any atom is 0.337 e. The Morgan fingerprint density at radius 1 is 1.35 bits per heavy atom. The highest BCUT2D eigenvalue weighted by atomic mass is 16.4. The molecule has 1 unspecified atom stereocenters. The molecular weight excluding hydrogens is 216 g/mol. The number of carbonyl (C=O) groups is 1. The largest absolute Gasteiger partial charge is 0.478 e. The number of nitrogens with two attached hydrogens (primary N) is 1. The lowest BCUT2D eigenvalue weighted by atomic mass is 9.84. The summed E-state index contributed by atoms with van der Waals surface area (Å²) in [6.07, 6.45) is 6.34. The van der Waals surface area contributed by atoms with Gasteiger partial charge in [0.1, 0.15) is 0 Å². The summed E-state index contributed by atoms with van der Waals surface area (Å²) in [4.78, 5) is 15.6. The lowest BCUT2D eigenvalue weighted by Gasteiger charge is -2.24. The Bertz CT molecular complexity index is 481. The average Bonchev–Trinajstić information content (AvgIpc) is 3.11. The van der Waals surface area contributed by atoms with Gasteiger partial charge < -0.3 is 10.8 Å². The molecule has 2 aliphatic rings. The van der Waals surface area contributed by atoms with Gasteiger partial charge in [-0.3, -0.25) is 4.98 Å². The quantitative estimate of drug-likeness (QED) is 0.809. The molecule has 4 heteroatoms. The van der Waals surface area contributed by atoms with Gasteiger partial charge in [0.15, 0.2) is 0 Å². The van der Waals surface area contributed by atoms with Crippen LogP contribution in [0.4, 0.5) is 0 Å². The fraction of sp³-hybridized carbons (Fsp3) is 0.538. The molecule has 1 fully saturated rings. The highest BCUT2D eigenvalue weighted by Crippen LogP contribution is 2.42. The lowest BCUT2D eigenvalue weighted by molar-refractivity contribution is 0.0694. The predicted octanol–water partition coefficient (Wildman–Crippen LogP) is 1.47. The number of carboxylic acids is 1. The van der Waals surface area contributed by atoms with Crippen LogP contribution in [-0.4, -0.2) is 22.1 Å². The van der Waals surface area contributed by atoms with Gasteiger partial charge in [-0.2, -0.15) is 0 Å². The zero-order valence-electron chi connectivity index (χ0n) is 9.65. The summed E-state index contributed by atoms with van der Waals surface area (Å²) >= 11 is 0. The highest BCUT2D eigenvalue weighted by molar-refractivity contribution is 5.89. The van der Waals surface area contributed by atoms with Gasteiger partial charge in [-0.05, 0) is 43.2 Å². The maximum atomic E-state index is 11.2. The van der Waals surface area contributed by atoms with Crippen LogP contribution in [0.15, 0.2) is 6.20 Å². The molecule has 0 spiro atoms. The van der Waals surface area contributed by atoms with Crippen LogP contribution in [0.2, 0.25) is 0 Å². The molecule has 3 N–H and O–H groups in total. The molecule has 17 heavy (non-hydrogen) atoms. The summed E-state index contributed by atoms with van der Waals surface area (Å²) in [7, 11) is 0. The van der Waals surface area contributed by atoms with E-state index in [2.05, 4.69) is 4.98 Å². The van der Waals surface area contributed by atoms with Gasteiger partial charge in [-0.1, -0.05) is 0 Å². The van der Waals surface area contributed by atoms with Crippen LogP contribution in [0, 0.1) is 0 Å². The van der Waals surface area contributed by atoms with E-state index < -0.39 is 5.97 Å². The summed E-state index contributed by atoms with van der Waals surface area (Å²) in [6, 6.07) is 0.158. The summed E-state index contributed by atoms with van der Waals surface area (Å²) in [5.74, 6) is -0.316. The molecule has 0 radical (unpaired) electrons. The van der Waals surface area contributed by atoms with Gasteiger partial charge in [-0.25, -0.2) is 4.79 Å². The van der Waals surface area contributed by atoms with E-state index in [4.69, 9.17) is 5.73 Å². The van der Waals surface area contributed by atoms with Crippen LogP contribution >= 0.6 is 0 Å².